The van der Waals surface area contributed by atoms with Gasteiger partial charge >= 0.3 is 11.9 Å². The Kier molecular flexibility index (Phi) is 8.14. The average Bonchev–Trinajstić information content (AvgIpc) is 2.62. The lowest BCUT2D eigenvalue weighted by atomic mass is 9.72. The Morgan fingerprint density at radius 1 is 0.815 bits per heavy atom. The van der Waals surface area contributed by atoms with E-state index in [-0.39, 0.29) is 18.2 Å². The van der Waals surface area contributed by atoms with Crippen molar-refractivity contribution in [1.82, 2.24) is 0 Å². The van der Waals surface area contributed by atoms with Crippen molar-refractivity contribution in [2.45, 2.75) is 104 Å². The molecule has 0 radical (unpaired) electrons. The molecule has 5 nitrogen and oxygen atoms in total. The maximum Gasteiger partial charge on any atom is 0.336 e. The van der Waals surface area contributed by atoms with Gasteiger partial charge in [0.1, 0.15) is 12.2 Å². The van der Waals surface area contributed by atoms with E-state index in [0.717, 1.165) is 51.4 Å². The molecular formula is C22H38O5. The Morgan fingerprint density at radius 2 is 1.33 bits per heavy atom. The van der Waals surface area contributed by atoms with Crippen molar-refractivity contribution in [3.63, 3.8) is 0 Å². The maximum absolute atomic E-state index is 12.6. The summed E-state index contributed by atoms with van der Waals surface area (Å²) in [6.07, 6.45) is 8.12. The van der Waals surface area contributed by atoms with Gasteiger partial charge in [0.05, 0.1) is 5.92 Å². The first-order valence-electron chi connectivity index (χ1n) is 10.7. The van der Waals surface area contributed by atoms with Crippen LogP contribution in [0.15, 0.2) is 0 Å². The van der Waals surface area contributed by atoms with Crippen LogP contribution in [0, 0.1) is 17.3 Å². The van der Waals surface area contributed by atoms with Crippen molar-refractivity contribution < 1.29 is 23.8 Å². The number of ether oxygens (including phenoxy) is 3. The molecule has 0 spiro atoms. The number of rotatable bonds is 6. The standard InChI is InChI=1S/C22H38O5/c1-15(19(25-5)21(24)27-17-9-7-6-8-10-17)20(23)26-18-13-11-16(12-14-18)22(2,3)4/h15-19H,6-14H2,1-5H3/t15-,16?,18?,19-/m0/s1. The first kappa shape index (κ1) is 22.2. The Morgan fingerprint density at radius 3 is 1.85 bits per heavy atom. The van der Waals surface area contributed by atoms with E-state index in [0.29, 0.717) is 11.3 Å². The lowest BCUT2D eigenvalue weighted by molar-refractivity contribution is -0.175. The number of esters is 2. The maximum atomic E-state index is 12.6. The predicted octanol–water partition coefficient (Wildman–Crippen LogP) is 4.66. The minimum Gasteiger partial charge on any atom is -0.462 e. The predicted molar refractivity (Wildman–Crippen MR) is 104 cm³/mol. The number of hydrogen-bond donors (Lipinski definition) is 0. The second kappa shape index (κ2) is 9.90. The summed E-state index contributed by atoms with van der Waals surface area (Å²) in [5.41, 5.74) is 0.298. The minimum absolute atomic E-state index is 0.0419. The Balaban J connectivity index is 1.82. The van der Waals surface area contributed by atoms with Crippen molar-refractivity contribution >= 4 is 11.9 Å². The Hall–Kier alpha value is -1.10. The average molecular weight is 383 g/mol. The van der Waals surface area contributed by atoms with E-state index in [9.17, 15) is 9.59 Å². The third-order valence-electron chi connectivity index (χ3n) is 6.33. The summed E-state index contributed by atoms with van der Waals surface area (Å²) >= 11 is 0. The van der Waals surface area contributed by atoms with Gasteiger partial charge in [0, 0.05) is 7.11 Å². The molecule has 0 aromatic carbocycles. The van der Waals surface area contributed by atoms with Gasteiger partial charge < -0.3 is 14.2 Å². The van der Waals surface area contributed by atoms with Gasteiger partial charge in [0.2, 0.25) is 0 Å². The molecule has 0 saturated heterocycles. The molecule has 5 heteroatoms. The summed E-state index contributed by atoms with van der Waals surface area (Å²) < 4.78 is 16.6. The van der Waals surface area contributed by atoms with Crippen LogP contribution in [0.5, 0.6) is 0 Å². The molecule has 0 aromatic rings. The molecule has 0 aliphatic heterocycles. The van der Waals surface area contributed by atoms with E-state index in [2.05, 4.69) is 20.8 Å². The smallest absolute Gasteiger partial charge is 0.336 e. The summed E-state index contributed by atoms with van der Waals surface area (Å²) in [6.45, 7) is 8.51. The molecule has 0 aromatic heterocycles. The minimum atomic E-state index is -0.898. The van der Waals surface area contributed by atoms with E-state index >= 15 is 0 Å². The molecule has 0 N–H and O–H groups in total. The molecule has 156 valence electrons. The molecule has 0 bridgehead atoms. The third-order valence-corrected chi connectivity index (χ3v) is 6.33. The highest BCUT2D eigenvalue weighted by Crippen LogP contribution is 2.38. The Labute approximate surface area is 164 Å². The van der Waals surface area contributed by atoms with E-state index < -0.39 is 18.0 Å². The van der Waals surface area contributed by atoms with Crippen molar-refractivity contribution in [1.29, 1.82) is 0 Å². The van der Waals surface area contributed by atoms with Crippen LogP contribution in [0.4, 0.5) is 0 Å². The van der Waals surface area contributed by atoms with Crippen LogP contribution in [0.25, 0.3) is 0 Å². The summed E-state index contributed by atoms with van der Waals surface area (Å²) in [6, 6.07) is 0. The third kappa shape index (κ3) is 6.48. The van der Waals surface area contributed by atoms with Crippen molar-refractivity contribution in [3.8, 4) is 0 Å². The van der Waals surface area contributed by atoms with Crippen LogP contribution in [-0.2, 0) is 23.8 Å². The molecule has 2 aliphatic carbocycles. The fraction of sp³-hybridized carbons (Fsp3) is 0.909. The van der Waals surface area contributed by atoms with Crippen LogP contribution < -0.4 is 0 Å². The molecule has 2 aliphatic rings. The number of methoxy groups -OCH3 is 1. The first-order valence-corrected chi connectivity index (χ1v) is 10.7. The van der Waals surface area contributed by atoms with Gasteiger partial charge in [-0.15, -0.1) is 0 Å². The van der Waals surface area contributed by atoms with E-state index in [4.69, 9.17) is 14.2 Å². The zero-order valence-corrected chi connectivity index (χ0v) is 17.8. The van der Waals surface area contributed by atoms with Crippen LogP contribution in [0.3, 0.4) is 0 Å². The van der Waals surface area contributed by atoms with Gasteiger partial charge in [-0.25, -0.2) is 4.79 Å². The van der Waals surface area contributed by atoms with Crippen LogP contribution >= 0.6 is 0 Å². The molecule has 0 unspecified atom stereocenters. The fourth-order valence-corrected chi connectivity index (χ4v) is 4.36. The lowest BCUT2D eigenvalue weighted by Crippen LogP contribution is -2.40. The molecule has 0 heterocycles. The highest BCUT2D eigenvalue weighted by molar-refractivity contribution is 5.83. The number of carbonyl (C=O) groups is 2. The zero-order valence-electron chi connectivity index (χ0n) is 17.8. The monoisotopic (exact) mass is 382 g/mol. The largest absolute Gasteiger partial charge is 0.462 e. The van der Waals surface area contributed by atoms with Gasteiger partial charge in [-0.3, -0.25) is 4.79 Å². The summed E-state index contributed by atoms with van der Waals surface area (Å²) in [4.78, 5) is 25.1. The summed E-state index contributed by atoms with van der Waals surface area (Å²) in [5.74, 6) is -0.791. The molecule has 2 fully saturated rings. The zero-order chi connectivity index (χ0) is 20.0. The number of carbonyl (C=O) groups excluding carboxylic acids is 2. The molecule has 0 amide bonds. The lowest BCUT2D eigenvalue weighted by Gasteiger charge is -2.37. The summed E-state index contributed by atoms with van der Waals surface area (Å²) in [5, 5.41) is 0. The molecule has 2 atom stereocenters. The van der Waals surface area contributed by atoms with Crippen molar-refractivity contribution in [2.75, 3.05) is 7.11 Å². The fourth-order valence-electron chi connectivity index (χ4n) is 4.36. The van der Waals surface area contributed by atoms with E-state index in [1.807, 2.05) is 0 Å². The van der Waals surface area contributed by atoms with Crippen LogP contribution in [0.2, 0.25) is 0 Å². The quantitative estimate of drug-likeness (QED) is 0.625. The highest BCUT2D eigenvalue weighted by atomic mass is 16.6. The van der Waals surface area contributed by atoms with Gasteiger partial charge in [-0.2, -0.15) is 0 Å². The molecule has 2 saturated carbocycles. The Bertz CT molecular complexity index is 481. The van der Waals surface area contributed by atoms with E-state index in [1.54, 1.807) is 6.92 Å². The second-order valence-corrected chi connectivity index (χ2v) is 9.42. The normalized spacial score (nSPS) is 26.9. The van der Waals surface area contributed by atoms with Crippen molar-refractivity contribution in [2.24, 2.45) is 17.3 Å². The van der Waals surface area contributed by atoms with Gasteiger partial charge in [0.15, 0.2) is 6.10 Å². The van der Waals surface area contributed by atoms with Crippen molar-refractivity contribution in [3.05, 3.63) is 0 Å². The van der Waals surface area contributed by atoms with Crippen LogP contribution in [0.1, 0.15) is 85.5 Å². The SMILES string of the molecule is CO[C@H](C(=O)OC1CCCCC1)[C@H](C)C(=O)OC1CCC(C(C)(C)C)CC1. The molecular weight excluding hydrogens is 344 g/mol. The van der Waals surface area contributed by atoms with E-state index in [1.165, 1.54) is 13.5 Å². The molecule has 27 heavy (non-hydrogen) atoms. The van der Waals surface area contributed by atoms with Gasteiger partial charge in [-0.1, -0.05) is 27.2 Å². The highest BCUT2D eigenvalue weighted by Gasteiger charge is 2.37. The topological polar surface area (TPSA) is 61.8 Å². The number of hydrogen-bond acceptors (Lipinski definition) is 5. The first-order chi connectivity index (χ1) is 12.7. The second-order valence-electron chi connectivity index (χ2n) is 9.42. The van der Waals surface area contributed by atoms with Gasteiger partial charge in [0.25, 0.3) is 0 Å². The molecule has 2 rings (SSSR count). The van der Waals surface area contributed by atoms with Gasteiger partial charge in [-0.05, 0) is 69.6 Å². The van der Waals surface area contributed by atoms with Crippen LogP contribution in [-0.4, -0.2) is 37.4 Å². The summed E-state index contributed by atoms with van der Waals surface area (Å²) in [7, 11) is 1.45.